The molecule has 0 unspecified atom stereocenters. The van der Waals surface area contributed by atoms with E-state index in [9.17, 15) is 92.2 Å². The normalized spacial score (nSPS) is 15.5. The summed E-state index contributed by atoms with van der Waals surface area (Å²) in [6.07, 6.45) is -8.06. The molecule has 0 aliphatic rings. The largest absolute Gasteiger partial charge is 0.460 e. The van der Waals surface area contributed by atoms with E-state index in [1.807, 2.05) is 0 Å². The minimum absolute atomic E-state index is 0.0802. The maximum absolute atomic E-state index is 15.2. The van der Waals surface area contributed by atoms with Crippen molar-refractivity contribution in [2.75, 3.05) is 0 Å². The van der Waals surface area contributed by atoms with Crippen molar-refractivity contribution in [3.63, 3.8) is 0 Å². The Morgan fingerprint density at radius 3 is 0.761 bits per heavy atom. The van der Waals surface area contributed by atoms with Crippen molar-refractivity contribution < 1.29 is 101 Å². The third-order valence-corrected chi connectivity index (χ3v) is 8.42. The van der Waals surface area contributed by atoms with Crippen LogP contribution in [-0.4, -0.2) is 59.2 Å². The first kappa shape index (κ1) is 39.4. The Hall–Kier alpha value is -2.74. The Morgan fingerprint density at radius 2 is 0.522 bits per heavy atom. The van der Waals surface area contributed by atoms with Crippen molar-refractivity contribution in [1.82, 2.24) is 0 Å². The maximum atomic E-state index is 15.2. The first-order valence-electron chi connectivity index (χ1n) is 10.9. The predicted octanol–water partition coefficient (Wildman–Crippen LogP) is 9.63. The highest BCUT2D eigenvalue weighted by molar-refractivity contribution is 7.74. The van der Waals surface area contributed by atoms with Crippen LogP contribution in [0.25, 0.3) is 0 Å². The van der Waals surface area contributed by atoms with E-state index in [0.29, 0.717) is 0 Å². The lowest BCUT2D eigenvalue weighted by atomic mass is 9.87. The highest BCUT2D eigenvalue weighted by Crippen LogP contribution is 2.69. The predicted molar refractivity (Wildman–Crippen MR) is 110 cm³/mol. The number of rotatable bonds is 11. The van der Waals surface area contributed by atoms with E-state index < -0.39 is 89.4 Å². The van der Waals surface area contributed by atoms with Gasteiger partial charge < -0.3 is 0 Å². The van der Waals surface area contributed by atoms with Gasteiger partial charge in [-0.15, -0.1) is 0 Å². The Morgan fingerprint density at radius 1 is 0.304 bits per heavy atom. The van der Waals surface area contributed by atoms with Gasteiger partial charge in [-0.05, 0) is 34.9 Å². The SMILES string of the molecule is Fc1ccc(P(c2ccc(F)cc2)C(F)(F)C(F)(F)C(F)(F)C(F)(F)C(F)(F)C(F)(F)C(F)(F)C(F)(F)C(F)(F)C(F)(F)F)cc1. The van der Waals surface area contributed by atoms with Crippen LogP contribution in [0, 0.1) is 11.6 Å². The molecule has 46 heavy (non-hydrogen) atoms. The minimum Gasteiger partial charge on any atom is -0.207 e. The van der Waals surface area contributed by atoms with Crippen LogP contribution in [0.4, 0.5) is 101 Å². The zero-order chi connectivity index (χ0) is 36.5. The van der Waals surface area contributed by atoms with Crippen molar-refractivity contribution >= 4 is 18.5 Å². The first-order chi connectivity index (χ1) is 20.1. The van der Waals surface area contributed by atoms with Crippen LogP contribution in [0.1, 0.15) is 0 Å². The molecule has 0 spiro atoms. The smallest absolute Gasteiger partial charge is 0.207 e. The molecule has 0 bridgehead atoms. The van der Waals surface area contributed by atoms with Crippen LogP contribution in [-0.2, 0) is 0 Å². The second kappa shape index (κ2) is 11.2. The standard InChI is InChI=1S/C22H8F23P/c23-9-1-5-11(6-2-9)46(12-7-3-10(24)4-8-12)22(44,45)20(39,40)18(35,36)16(31,32)14(27,28)13(25,26)15(29,30)17(33,34)19(37,38)21(41,42)43/h1-8H. The molecule has 2 aromatic carbocycles. The van der Waals surface area contributed by atoms with Crippen LogP contribution in [0.2, 0.25) is 0 Å². The van der Waals surface area contributed by atoms with E-state index in [1.165, 1.54) is 0 Å². The second-order valence-corrected chi connectivity index (χ2v) is 11.2. The fourth-order valence-electron chi connectivity index (χ4n) is 3.34. The van der Waals surface area contributed by atoms with E-state index in [4.69, 9.17) is 0 Å². The van der Waals surface area contributed by atoms with Crippen molar-refractivity contribution in [1.29, 1.82) is 0 Å². The van der Waals surface area contributed by atoms with Gasteiger partial charge in [0.05, 0.1) is 0 Å². The molecule has 0 saturated heterocycles. The van der Waals surface area contributed by atoms with Crippen molar-refractivity contribution in [2.24, 2.45) is 0 Å². The molecule has 262 valence electrons. The summed E-state index contributed by atoms with van der Waals surface area (Å²) in [5.74, 6) is -74.1. The Kier molecular flexibility index (Phi) is 9.58. The van der Waals surface area contributed by atoms with Crippen molar-refractivity contribution in [3.8, 4) is 0 Å². The first-order valence-corrected chi connectivity index (χ1v) is 12.3. The molecule has 0 amide bonds. The van der Waals surface area contributed by atoms with Crippen LogP contribution >= 0.6 is 7.92 Å². The maximum Gasteiger partial charge on any atom is 0.460 e. The lowest BCUT2D eigenvalue weighted by Crippen LogP contribution is -2.76. The molecular formula is C22H8F23P. The molecule has 0 saturated carbocycles. The monoisotopic (exact) mass is 740 g/mol. The van der Waals surface area contributed by atoms with Gasteiger partial charge in [0.25, 0.3) is 0 Å². The average molecular weight is 740 g/mol. The molecule has 2 rings (SSSR count). The molecule has 0 aromatic heterocycles. The van der Waals surface area contributed by atoms with Gasteiger partial charge in [0.1, 0.15) is 11.6 Å². The third kappa shape index (κ3) is 5.31. The summed E-state index contributed by atoms with van der Waals surface area (Å²) >= 11 is 0. The zero-order valence-corrected chi connectivity index (χ0v) is 21.7. The molecule has 0 radical (unpaired) electrons. The van der Waals surface area contributed by atoms with Gasteiger partial charge in [-0.3, -0.25) is 0 Å². The summed E-state index contributed by atoms with van der Waals surface area (Å²) in [5, 5.41) is -2.88. The molecule has 0 atom stereocenters. The summed E-state index contributed by atoms with van der Waals surface area (Å²) in [7, 11) is -4.81. The van der Waals surface area contributed by atoms with Gasteiger partial charge >= 0.3 is 59.2 Å². The van der Waals surface area contributed by atoms with Crippen molar-refractivity contribution in [2.45, 2.75) is 59.2 Å². The Balaban J connectivity index is 2.82. The molecule has 0 heterocycles. The number of halogens is 23. The quantitative estimate of drug-likeness (QED) is 0.159. The molecule has 24 heteroatoms. The second-order valence-electron chi connectivity index (χ2n) is 8.92. The summed E-state index contributed by atoms with van der Waals surface area (Å²) in [6.45, 7) is 0. The Labute approximate surface area is 239 Å². The van der Waals surface area contributed by atoms with Gasteiger partial charge in [-0.2, -0.15) is 92.2 Å². The van der Waals surface area contributed by atoms with Crippen LogP contribution in [0.5, 0.6) is 0 Å². The number of hydrogen-bond donors (Lipinski definition) is 0. The van der Waals surface area contributed by atoms with Crippen LogP contribution in [0.3, 0.4) is 0 Å². The topological polar surface area (TPSA) is 0 Å². The summed E-state index contributed by atoms with van der Waals surface area (Å²) in [4.78, 5) is 0. The van der Waals surface area contributed by atoms with Gasteiger partial charge in [-0.25, -0.2) is 8.78 Å². The fraction of sp³-hybridized carbons (Fsp3) is 0.455. The van der Waals surface area contributed by atoms with Crippen molar-refractivity contribution in [3.05, 3.63) is 60.2 Å². The van der Waals surface area contributed by atoms with E-state index in [-0.39, 0.29) is 48.5 Å². The lowest BCUT2D eigenvalue weighted by molar-refractivity contribution is -0.472. The molecular weight excluding hydrogens is 732 g/mol. The van der Waals surface area contributed by atoms with E-state index >= 15 is 8.78 Å². The zero-order valence-electron chi connectivity index (χ0n) is 20.8. The fourth-order valence-corrected chi connectivity index (χ4v) is 5.61. The average Bonchev–Trinajstić information content (AvgIpc) is 2.89. The highest BCUT2D eigenvalue weighted by atomic mass is 31.1. The molecule has 0 nitrogen and oxygen atoms in total. The molecule has 0 fully saturated rings. The number of alkyl halides is 21. The molecule has 0 N–H and O–H groups in total. The van der Waals surface area contributed by atoms with Gasteiger partial charge in [0.2, 0.25) is 0 Å². The number of benzene rings is 2. The van der Waals surface area contributed by atoms with Gasteiger partial charge in [-0.1, -0.05) is 24.3 Å². The molecule has 0 aliphatic heterocycles. The highest BCUT2D eigenvalue weighted by Gasteiger charge is 2.98. The van der Waals surface area contributed by atoms with E-state index in [2.05, 4.69) is 0 Å². The Bertz CT molecular complexity index is 1330. The lowest BCUT2D eigenvalue weighted by Gasteiger charge is -2.45. The number of hydrogen-bond acceptors (Lipinski definition) is 0. The third-order valence-electron chi connectivity index (χ3n) is 5.94. The van der Waals surface area contributed by atoms with E-state index in [1.54, 1.807) is 0 Å². The molecule has 0 aliphatic carbocycles. The summed E-state index contributed by atoms with van der Waals surface area (Å²) in [6, 6.07) is 0.888. The van der Waals surface area contributed by atoms with Gasteiger partial charge in [0.15, 0.2) is 0 Å². The van der Waals surface area contributed by atoms with Crippen LogP contribution < -0.4 is 10.6 Å². The van der Waals surface area contributed by atoms with Crippen LogP contribution in [0.15, 0.2) is 48.5 Å². The molecule has 2 aromatic rings. The minimum atomic E-state index is -9.28. The van der Waals surface area contributed by atoms with Gasteiger partial charge in [0, 0.05) is 7.92 Å². The van der Waals surface area contributed by atoms with E-state index in [0.717, 1.165) is 0 Å². The summed E-state index contributed by atoms with van der Waals surface area (Å²) in [5.41, 5.74) is -6.99. The summed E-state index contributed by atoms with van der Waals surface area (Å²) < 4.78 is 316.